The number of rotatable bonds is 3. The number of sulfone groups is 1. The van der Waals surface area contributed by atoms with E-state index in [2.05, 4.69) is 20.5 Å². The van der Waals surface area contributed by atoms with Crippen molar-refractivity contribution in [1.82, 2.24) is 19.6 Å². The summed E-state index contributed by atoms with van der Waals surface area (Å²) < 4.78 is 24.6. The summed E-state index contributed by atoms with van der Waals surface area (Å²) in [6, 6.07) is 1.60. The molecule has 2 aromatic rings. The van der Waals surface area contributed by atoms with E-state index in [1.165, 1.54) is 10.7 Å². The average Bonchev–Trinajstić information content (AvgIpc) is 2.90. The summed E-state index contributed by atoms with van der Waals surface area (Å²) >= 11 is 0. The van der Waals surface area contributed by atoms with Crippen LogP contribution >= 0.6 is 0 Å². The maximum atomic E-state index is 11.7. The van der Waals surface area contributed by atoms with Crippen molar-refractivity contribution in [2.75, 3.05) is 17.6 Å². The summed E-state index contributed by atoms with van der Waals surface area (Å²) in [4.78, 5) is 15.3. The molecule has 0 aliphatic carbocycles. The molecular formula is C10H13N5O3S. The molecule has 0 saturated carbocycles. The fourth-order valence-corrected chi connectivity index (χ4v) is 3.98. The van der Waals surface area contributed by atoms with Gasteiger partial charge >= 0.3 is 5.69 Å². The van der Waals surface area contributed by atoms with Crippen LogP contribution in [0.5, 0.6) is 0 Å². The van der Waals surface area contributed by atoms with Crippen molar-refractivity contribution in [3.8, 4) is 0 Å². The molecule has 1 aliphatic heterocycles. The lowest BCUT2D eigenvalue weighted by Crippen LogP contribution is -2.25. The van der Waals surface area contributed by atoms with E-state index in [1.807, 2.05) is 0 Å². The zero-order chi connectivity index (χ0) is 13.5. The molecule has 2 aromatic heterocycles. The molecule has 3 rings (SSSR count). The molecule has 1 saturated heterocycles. The third-order valence-corrected chi connectivity index (χ3v) is 5.56. The second kappa shape index (κ2) is 4.34. The normalized spacial score (nSPS) is 21.8. The van der Waals surface area contributed by atoms with Crippen LogP contribution in [0.4, 0.5) is 5.82 Å². The topological polar surface area (TPSA) is 109 Å². The van der Waals surface area contributed by atoms with Crippen LogP contribution in [0.2, 0.25) is 0 Å². The van der Waals surface area contributed by atoms with Gasteiger partial charge in [-0.25, -0.2) is 27.7 Å². The monoisotopic (exact) mass is 283 g/mol. The molecule has 0 radical (unpaired) electrons. The van der Waals surface area contributed by atoms with Crippen molar-refractivity contribution in [2.24, 2.45) is 0 Å². The molecule has 19 heavy (non-hydrogen) atoms. The molecule has 9 heteroatoms. The van der Waals surface area contributed by atoms with Crippen LogP contribution in [0, 0.1) is 0 Å². The van der Waals surface area contributed by atoms with Gasteiger partial charge in [0.05, 0.1) is 11.0 Å². The summed E-state index contributed by atoms with van der Waals surface area (Å²) in [6.45, 7) is 0.333. The molecule has 0 aromatic carbocycles. The van der Waals surface area contributed by atoms with Gasteiger partial charge in [-0.2, -0.15) is 5.10 Å². The highest BCUT2D eigenvalue weighted by Gasteiger charge is 2.30. The predicted octanol–water partition coefficient (Wildman–Crippen LogP) is -0.593. The molecule has 2 N–H and O–H groups in total. The highest BCUT2D eigenvalue weighted by molar-refractivity contribution is 7.92. The number of hydrogen-bond donors (Lipinski definition) is 2. The summed E-state index contributed by atoms with van der Waals surface area (Å²) in [7, 11) is -2.96. The average molecular weight is 283 g/mol. The van der Waals surface area contributed by atoms with Crippen LogP contribution in [0.15, 0.2) is 17.2 Å². The van der Waals surface area contributed by atoms with Crippen LogP contribution in [0.1, 0.15) is 12.8 Å². The second-order valence-electron chi connectivity index (χ2n) is 4.54. The van der Waals surface area contributed by atoms with Crippen molar-refractivity contribution < 1.29 is 8.42 Å². The first-order chi connectivity index (χ1) is 9.06. The molecule has 1 atom stereocenters. The van der Waals surface area contributed by atoms with Crippen LogP contribution in [0.25, 0.3) is 5.65 Å². The Hall–Kier alpha value is -1.90. The summed E-state index contributed by atoms with van der Waals surface area (Å²) in [6.07, 6.45) is 2.75. The largest absolute Gasteiger partial charge is 0.369 e. The van der Waals surface area contributed by atoms with Gasteiger partial charge in [0.1, 0.15) is 12.1 Å². The van der Waals surface area contributed by atoms with Gasteiger partial charge in [0.2, 0.25) is 0 Å². The summed E-state index contributed by atoms with van der Waals surface area (Å²) in [5.74, 6) is 0.772. The van der Waals surface area contributed by atoms with Crippen LogP contribution in [0.3, 0.4) is 0 Å². The number of nitrogens with one attached hydrogen (secondary N) is 2. The Morgan fingerprint density at radius 1 is 1.53 bits per heavy atom. The first kappa shape index (κ1) is 12.2. The smallest absolute Gasteiger partial charge is 0.348 e. The van der Waals surface area contributed by atoms with Crippen molar-refractivity contribution in [1.29, 1.82) is 0 Å². The maximum Gasteiger partial charge on any atom is 0.348 e. The molecule has 102 valence electrons. The zero-order valence-electron chi connectivity index (χ0n) is 10.0. The second-order valence-corrected chi connectivity index (χ2v) is 6.94. The van der Waals surface area contributed by atoms with Gasteiger partial charge in [-0.1, -0.05) is 0 Å². The van der Waals surface area contributed by atoms with Crippen molar-refractivity contribution in [3.05, 3.63) is 22.9 Å². The molecule has 8 nitrogen and oxygen atoms in total. The Bertz CT molecular complexity index is 763. The van der Waals surface area contributed by atoms with Crippen LogP contribution in [-0.4, -0.2) is 45.5 Å². The Balaban J connectivity index is 1.77. The molecule has 1 aliphatic rings. The highest BCUT2D eigenvalue weighted by atomic mass is 32.2. The lowest BCUT2D eigenvalue weighted by molar-refractivity contribution is 0.591. The Morgan fingerprint density at radius 2 is 2.37 bits per heavy atom. The number of hydrogen-bond acceptors (Lipinski definition) is 6. The van der Waals surface area contributed by atoms with Crippen LogP contribution in [-0.2, 0) is 9.84 Å². The standard InChI is InChI=1S/C10H13N5O3S/c16-10-14-13-9-4-8(12-6-15(9)10)11-5-7-2-1-3-19(7,17)18/h4,6-7,11H,1-3,5H2,(H,14,16). The Morgan fingerprint density at radius 3 is 3.11 bits per heavy atom. The summed E-state index contributed by atoms with van der Waals surface area (Å²) in [5, 5.41) is 8.75. The highest BCUT2D eigenvalue weighted by Crippen LogP contribution is 2.20. The molecule has 0 spiro atoms. The molecule has 0 amide bonds. The lowest BCUT2D eigenvalue weighted by atomic mass is 10.2. The van der Waals surface area contributed by atoms with Crippen LogP contribution < -0.4 is 11.0 Å². The van der Waals surface area contributed by atoms with E-state index in [0.29, 0.717) is 24.4 Å². The molecule has 0 bridgehead atoms. The van der Waals surface area contributed by atoms with E-state index in [4.69, 9.17) is 0 Å². The maximum absolute atomic E-state index is 11.7. The molecule has 1 unspecified atom stereocenters. The van der Waals surface area contributed by atoms with Gasteiger partial charge in [-0.05, 0) is 12.8 Å². The van der Waals surface area contributed by atoms with Crippen molar-refractivity contribution in [3.63, 3.8) is 0 Å². The minimum Gasteiger partial charge on any atom is -0.369 e. The quantitative estimate of drug-likeness (QED) is 0.779. The molecular weight excluding hydrogens is 270 g/mol. The predicted molar refractivity (Wildman–Crippen MR) is 68.9 cm³/mol. The number of H-pyrrole nitrogens is 1. The van der Waals surface area contributed by atoms with Gasteiger partial charge in [0.15, 0.2) is 15.5 Å². The SMILES string of the molecule is O=c1[nH]nc2cc(NCC3CCCS3(=O)=O)ncn12. The van der Waals surface area contributed by atoms with Gasteiger partial charge in [0, 0.05) is 12.6 Å². The van der Waals surface area contributed by atoms with Gasteiger partial charge in [-0.15, -0.1) is 0 Å². The molecule has 1 fully saturated rings. The first-order valence-corrected chi connectivity index (χ1v) is 7.66. The number of fused-ring (bicyclic) bond motifs is 1. The number of aromatic amines is 1. The first-order valence-electron chi connectivity index (χ1n) is 5.94. The van der Waals surface area contributed by atoms with E-state index >= 15 is 0 Å². The zero-order valence-corrected chi connectivity index (χ0v) is 10.9. The third kappa shape index (κ3) is 2.21. The fraction of sp³-hybridized carbons (Fsp3) is 0.500. The minimum absolute atomic E-state index is 0.264. The number of aromatic nitrogens is 4. The van der Waals surface area contributed by atoms with Gasteiger partial charge in [-0.3, -0.25) is 0 Å². The molecule has 3 heterocycles. The lowest BCUT2D eigenvalue weighted by Gasteiger charge is -2.10. The van der Waals surface area contributed by atoms with E-state index in [1.54, 1.807) is 6.07 Å². The van der Waals surface area contributed by atoms with E-state index in [-0.39, 0.29) is 16.7 Å². The number of nitrogens with zero attached hydrogens (tertiary/aromatic N) is 3. The van der Waals surface area contributed by atoms with Crippen molar-refractivity contribution >= 4 is 21.3 Å². The van der Waals surface area contributed by atoms with Gasteiger partial charge < -0.3 is 5.32 Å². The van der Waals surface area contributed by atoms with Crippen molar-refractivity contribution in [2.45, 2.75) is 18.1 Å². The number of anilines is 1. The van der Waals surface area contributed by atoms with E-state index in [0.717, 1.165) is 6.42 Å². The van der Waals surface area contributed by atoms with E-state index in [9.17, 15) is 13.2 Å². The van der Waals surface area contributed by atoms with E-state index < -0.39 is 9.84 Å². The minimum atomic E-state index is -2.96. The Labute approximate surface area is 108 Å². The third-order valence-electron chi connectivity index (χ3n) is 3.28. The Kier molecular flexibility index (Phi) is 2.77. The summed E-state index contributed by atoms with van der Waals surface area (Å²) in [5.41, 5.74) is 0.0872. The van der Waals surface area contributed by atoms with Gasteiger partial charge in [0.25, 0.3) is 0 Å². The fourth-order valence-electron chi connectivity index (χ4n) is 2.21.